The molecule has 0 aliphatic heterocycles. The molecular formula is C6H4O8. The van der Waals surface area contributed by atoms with E-state index in [0.29, 0.717) is 12.2 Å². The Balaban J connectivity index is 4.04. The number of carbonyl (C=O) groups is 4. The lowest BCUT2D eigenvalue weighted by Crippen LogP contribution is -2.10. The molecule has 2 N–H and O–H groups in total. The third-order valence-corrected chi connectivity index (χ3v) is 0.731. The Labute approximate surface area is 76.3 Å². The van der Waals surface area contributed by atoms with E-state index >= 15 is 0 Å². The minimum absolute atomic E-state index is 0.416. The molecule has 0 heterocycles. The van der Waals surface area contributed by atoms with Crippen molar-refractivity contribution in [3.63, 3.8) is 0 Å². The SMILES string of the molecule is O=C(O)OC(=O)/C=C\C(=O)OC(=O)O. The molecule has 0 bridgehead atoms. The average molecular weight is 204 g/mol. The van der Waals surface area contributed by atoms with Crippen LogP contribution in [0.1, 0.15) is 0 Å². The van der Waals surface area contributed by atoms with E-state index in [4.69, 9.17) is 10.2 Å². The molecule has 14 heavy (non-hydrogen) atoms. The van der Waals surface area contributed by atoms with E-state index in [1.807, 2.05) is 0 Å². The minimum atomic E-state index is -1.84. The third kappa shape index (κ3) is 6.34. The van der Waals surface area contributed by atoms with E-state index in [1.54, 1.807) is 0 Å². The van der Waals surface area contributed by atoms with E-state index in [1.165, 1.54) is 0 Å². The van der Waals surface area contributed by atoms with Crippen molar-refractivity contribution in [1.82, 2.24) is 0 Å². The van der Waals surface area contributed by atoms with E-state index in [-0.39, 0.29) is 0 Å². The second-order valence-electron chi connectivity index (χ2n) is 1.71. The molecule has 0 spiro atoms. The molecule has 0 saturated carbocycles. The minimum Gasteiger partial charge on any atom is -0.449 e. The van der Waals surface area contributed by atoms with Crippen LogP contribution in [0.5, 0.6) is 0 Å². The molecule has 0 aromatic heterocycles. The summed E-state index contributed by atoms with van der Waals surface area (Å²) in [6.07, 6.45) is -2.85. The highest BCUT2D eigenvalue weighted by Gasteiger charge is 2.07. The summed E-state index contributed by atoms with van der Waals surface area (Å²) in [7, 11) is 0. The van der Waals surface area contributed by atoms with Crippen LogP contribution >= 0.6 is 0 Å². The summed E-state index contributed by atoms with van der Waals surface area (Å²) in [5, 5.41) is 15.8. The fraction of sp³-hybridized carbons (Fsp3) is 0. The molecular weight excluding hydrogens is 200 g/mol. The molecule has 0 radical (unpaired) electrons. The lowest BCUT2D eigenvalue weighted by Gasteiger charge is -1.91. The van der Waals surface area contributed by atoms with Crippen LogP contribution in [-0.2, 0) is 19.1 Å². The van der Waals surface area contributed by atoms with Crippen LogP contribution in [0.15, 0.2) is 12.2 Å². The molecule has 0 rings (SSSR count). The topological polar surface area (TPSA) is 127 Å². The smallest absolute Gasteiger partial charge is 0.449 e. The maximum atomic E-state index is 10.4. The van der Waals surface area contributed by atoms with Crippen molar-refractivity contribution in [1.29, 1.82) is 0 Å². The molecule has 0 saturated heterocycles. The summed E-state index contributed by atoms with van der Waals surface area (Å²) in [6, 6.07) is 0. The number of rotatable bonds is 2. The Kier molecular flexibility index (Phi) is 4.40. The summed E-state index contributed by atoms with van der Waals surface area (Å²) in [6.45, 7) is 0. The van der Waals surface area contributed by atoms with Crippen LogP contribution < -0.4 is 0 Å². The van der Waals surface area contributed by atoms with Gasteiger partial charge in [-0.05, 0) is 0 Å². The first-order chi connectivity index (χ1) is 6.41. The first-order valence-electron chi connectivity index (χ1n) is 2.99. The van der Waals surface area contributed by atoms with Gasteiger partial charge in [-0.2, -0.15) is 0 Å². The Morgan fingerprint density at radius 1 is 0.786 bits per heavy atom. The maximum Gasteiger partial charge on any atom is 0.513 e. The second kappa shape index (κ2) is 5.30. The first-order valence-corrected chi connectivity index (χ1v) is 2.99. The van der Waals surface area contributed by atoms with Gasteiger partial charge in [-0.25, -0.2) is 19.2 Å². The van der Waals surface area contributed by atoms with Crippen molar-refractivity contribution in [2.45, 2.75) is 0 Å². The summed E-state index contributed by atoms with van der Waals surface area (Å²) >= 11 is 0. The summed E-state index contributed by atoms with van der Waals surface area (Å²) in [5.74, 6) is -2.67. The molecule has 76 valence electrons. The summed E-state index contributed by atoms with van der Waals surface area (Å²) in [5.41, 5.74) is 0. The standard InChI is InChI=1S/C6H4O8/c7-3(13-5(9)10)1-2-4(8)14-6(11)12/h1-2H,(H,9,10)(H,11,12)/b2-1-. The van der Waals surface area contributed by atoms with Gasteiger partial charge in [0, 0.05) is 12.2 Å². The van der Waals surface area contributed by atoms with Gasteiger partial charge in [0.05, 0.1) is 0 Å². The van der Waals surface area contributed by atoms with Crippen LogP contribution in [0.4, 0.5) is 9.59 Å². The van der Waals surface area contributed by atoms with Gasteiger partial charge in [0.2, 0.25) is 0 Å². The van der Waals surface area contributed by atoms with Crippen LogP contribution in [0.25, 0.3) is 0 Å². The lowest BCUT2D eigenvalue weighted by molar-refractivity contribution is -0.136. The zero-order valence-corrected chi connectivity index (χ0v) is 6.50. The number of ether oxygens (including phenoxy) is 2. The highest BCUT2D eigenvalue weighted by Crippen LogP contribution is 1.86. The Bertz CT molecular complexity index is 271. The normalized spacial score (nSPS) is 9.43. The highest BCUT2D eigenvalue weighted by molar-refractivity contribution is 5.97. The van der Waals surface area contributed by atoms with Crippen molar-refractivity contribution in [3.8, 4) is 0 Å². The predicted molar refractivity (Wildman–Crippen MR) is 37.4 cm³/mol. The second-order valence-corrected chi connectivity index (χ2v) is 1.71. The predicted octanol–water partition coefficient (Wildman–Crippen LogP) is -0.0150. The zero-order valence-electron chi connectivity index (χ0n) is 6.50. The third-order valence-electron chi connectivity index (χ3n) is 0.731. The van der Waals surface area contributed by atoms with Gasteiger partial charge in [-0.3, -0.25) is 0 Å². The molecule has 0 unspecified atom stereocenters. The van der Waals surface area contributed by atoms with E-state index in [2.05, 4.69) is 9.47 Å². The monoisotopic (exact) mass is 204 g/mol. The van der Waals surface area contributed by atoms with Gasteiger partial charge >= 0.3 is 24.2 Å². The van der Waals surface area contributed by atoms with E-state index in [0.717, 1.165) is 0 Å². The van der Waals surface area contributed by atoms with Crippen LogP contribution in [0, 0.1) is 0 Å². The van der Waals surface area contributed by atoms with Crippen molar-refractivity contribution >= 4 is 24.2 Å². The molecule has 8 heteroatoms. The molecule has 0 aromatic carbocycles. The quantitative estimate of drug-likeness (QED) is 0.365. The first kappa shape index (κ1) is 11.6. The summed E-state index contributed by atoms with van der Waals surface area (Å²) < 4.78 is 7.08. The molecule has 0 fully saturated rings. The van der Waals surface area contributed by atoms with Crippen molar-refractivity contribution < 1.29 is 38.9 Å². The van der Waals surface area contributed by atoms with Crippen LogP contribution in [0.2, 0.25) is 0 Å². The van der Waals surface area contributed by atoms with Gasteiger partial charge < -0.3 is 19.7 Å². The van der Waals surface area contributed by atoms with Gasteiger partial charge in [0.25, 0.3) is 0 Å². The number of carboxylic acid groups (broad SMARTS) is 2. The van der Waals surface area contributed by atoms with Crippen molar-refractivity contribution in [2.24, 2.45) is 0 Å². The molecule has 8 nitrogen and oxygen atoms in total. The maximum absolute atomic E-state index is 10.4. The van der Waals surface area contributed by atoms with Gasteiger partial charge in [0.15, 0.2) is 0 Å². The highest BCUT2D eigenvalue weighted by atomic mass is 16.7. The molecule has 0 aliphatic carbocycles. The Morgan fingerprint density at radius 3 is 1.29 bits per heavy atom. The van der Waals surface area contributed by atoms with Crippen LogP contribution in [-0.4, -0.2) is 34.5 Å². The lowest BCUT2D eigenvalue weighted by atomic mass is 10.5. The zero-order chi connectivity index (χ0) is 11.1. The molecule has 0 atom stereocenters. The Hall–Kier alpha value is -2.38. The Morgan fingerprint density at radius 2 is 1.07 bits per heavy atom. The van der Waals surface area contributed by atoms with Crippen LogP contribution in [0.3, 0.4) is 0 Å². The summed E-state index contributed by atoms with van der Waals surface area (Å²) in [4.78, 5) is 40.3. The van der Waals surface area contributed by atoms with E-state index in [9.17, 15) is 19.2 Å². The molecule has 0 aromatic rings. The number of hydrogen-bond acceptors (Lipinski definition) is 6. The van der Waals surface area contributed by atoms with E-state index < -0.39 is 24.2 Å². The molecule has 0 amide bonds. The number of hydrogen-bond donors (Lipinski definition) is 2. The largest absolute Gasteiger partial charge is 0.513 e. The van der Waals surface area contributed by atoms with Crippen molar-refractivity contribution in [3.05, 3.63) is 12.2 Å². The number of esters is 2. The fourth-order valence-electron chi connectivity index (χ4n) is 0.376. The fourth-order valence-corrected chi connectivity index (χ4v) is 0.376. The number of carbonyl (C=O) groups excluding carboxylic acids is 2. The van der Waals surface area contributed by atoms with Crippen molar-refractivity contribution in [2.75, 3.05) is 0 Å². The average Bonchev–Trinajstić information content (AvgIpc) is 1.98. The molecule has 0 aliphatic rings. The van der Waals surface area contributed by atoms with Gasteiger partial charge in [-0.15, -0.1) is 0 Å². The van der Waals surface area contributed by atoms with Gasteiger partial charge in [0.1, 0.15) is 0 Å². The van der Waals surface area contributed by atoms with Gasteiger partial charge in [-0.1, -0.05) is 0 Å².